The summed E-state index contributed by atoms with van der Waals surface area (Å²) < 4.78 is 0. The molecule has 16 heavy (non-hydrogen) atoms. The first-order valence-corrected chi connectivity index (χ1v) is 4.49. The van der Waals surface area contributed by atoms with E-state index in [0.29, 0.717) is 13.0 Å². The van der Waals surface area contributed by atoms with Gasteiger partial charge >= 0.3 is 11.9 Å². The van der Waals surface area contributed by atoms with Gasteiger partial charge in [0.1, 0.15) is 6.04 Å². The van der Waals surface area contributed by atoms with Crippen molar-refractivity contribution in [2.75, 3.05) is 6.54 Å². The molecule has 0 aromatic heterocycles. The fourth-order valence-corrected chi connectivity index (χ4v) is 0.557. The third kappa shape index (κ3) is 14.8. The molecular formula is C8H17N3O5. The Morgan fingerprint density at radius 3 is 1.81 bits per heavy atom. The lowest BCUT2D eigenvalue weighted by atomic mass is 10.2. The fourth-order valence-electron chi connectivity index (χ4n) is 0.557. The molecule has 0 aliphatic heterocycles. The van der Waals surface area contributed by atoms with Crippen LogP contribution in [0.1, 0.15) is 19.3 Å². The van der Waals surface area contributed by atoms with Crippen LogP contribution in [-0.2, 0) is 14.4 Å². The summed E-state index contributed by atoms with van der Waals surface area (Å²) in [5.41, 5.74) is 14.6. The zero-order valence-electron chi connectivity index (χ0n) is 8.76. The second-order valence-corrected chi connectivity index (χ2v) is 2.90. The van der Waals surface area contributed by atoms with E-state index in [1.54, 1.807) is 0 Å². The maximum atomic E-state index is 9.99. The van der Waals surface area contributed by atoms with Gasteiger partial charge in [-0.15, -0.1) is 0 Å². The number of primary amides is 1. The Bertz CT molecular complexity index is 244. The summed E-state index contributed by atoms with van der Waals surface area (Å²) in [5.74, 6) is -2.69. The summed E-state index contributed by atoms with van der Waals surface area (Å²) in [6.07, 6.45) is 0.459. The van der Waals surface area contributed by atoms with E-state index in [1.165, 1.54) is 0 Å². The molecule has 1 unspecified atom stereocenters. The molecule has 0 saturated heterocycles. The van der Waals surface area contributed by atoms with Gasteiger partial charge in [-0.1, -0.05) is 0 Å². The van der Waals surface area contributed by atoms with E-state index in [0.717, 1.165) is 0 Å². The molecule has 0 radical (unpaired) electrons. The molecule has 0 saturated carbocycles. The van der Waals surface area contributed by atoms with Crippen molar-refractivity contribution >= 4 is 17.8 Å². The van der Waals surface area contributed by atoms with Crippen molar-refractivity contribution in [1.82, 2.24) is 0 Å². The van der Waals surface area contributed by atoms with Crippen molar-refractivity contribution in [3.63, 3.8) is 0 Å². The highest BCUT2D eigenvalue weighted by molar-refractivity contribution is 5.83. The molecule has 0 aromatic rings. The summed E-state index contributed by atoms with van der Waals surface area (Å²) in [5, 5.41) is 16.1. The molecule has 0 fully saturated rings. The Morgan fingerprint density at radius 1 is 1.19 bits per heavy atom. The minimum absolute atomic E-state index is 0.191. The maximum Gasteiger partial charge on any atom is 0.321 e. The maximum absolute atomic E-state index is 9.99. The number of aliphatic carboxylic acids is 2. The van der Waals surface area contributed by atoms with E-state index in [4.69, 9.17) is 21.7 Å². The molecule has 8 N–H and O–H groups in total. The fraction of sp³-hybridized carbons (Fsp3) is 0.625. The van der Waals surface area contributed by atoms with E-state index >= 15 is 0 Å². The van der Waals surface area contributed by atoms with Gasteiger partial charge in [0.15, 0.2) is 0 Å². The average Bonchev–Trinajstić information content (AvgIpc) is 2.14. The quantitative estimate of drug-likeness (QED) is 0.357. The number of hydrogen-bond acceptors (Lipinski definition) is 5. The summed E-state index contributed by atoms with van der Waals surface area (Å²) in [6, 6.07) is -1.16. The van der Waals surface area contributed by atoms with Crippen molar-refractivity contribution in [3.05, 3.63) is 0 Å². The van der Waals surface area contributed by atoms with Crippen LogP contribution in [0.2, 0.25) is 0 Å². The molecule has 0 bridgehead atoms. The van der Waals surface area contributed by atoms with Crippen molar-refractivity contribution in [2.45, 2.75) is 25.3 Å². The highest BCUT2D eigenvalue weighted by atomic mass is 16.4. The Kier molecular flexibility index (Phi) is 10.3. The zero-order chi connectivity index (χ0) is 13.1. The van der Waals surface area contributed by atoms with E-state index in [9.17, 15) is 14.4 Å². The van der Waals surface area contributed by atoms with Crippen LogP contribution in [0.3, 0.4) is 0 Å². The molecular weight excluding hydrogens is 218 g/mol. The normalized spacial score (nSPS) is 10.9. The van der Waals surface area contributed by atoms with Crippen LogP contribution < -0.4 is 17.2 Å². The Morgan fingerprint density at radius 2 is 1.69 bits per heavy atom. The van der Waals surface area contributed by atoms with Crippen LogP contribution in [0.5, 0.6) is 0 Å². The van der Waals surface area contributed by atoms with Crippen LogP contribution in [0, 0.1) is 0 Å². The molecule has 1 amide bonds. The van der Waals surface area contributed by atoms with Crippen LogP contribution in [0.25, 0.3) is 0 Å². The van der Waals surface area contributed by atoms with Crippen LogP contribution in [-0.4, -0.2) is 40.6 Å². The van der Waals surface area contributed by atoms with Gasteiger partial charge in [-0.3, -0.25) is 14.4 Å². The first kappa shape index (κ1) is 16.7. The molecule has 94 valence electrons. The highest BCUT2D eigenvalue weighted by Crippen LogP contribution is 1.84. The number of carbonyl (C=O) groups excluding carboxylic acids is 1. The van der Waals surface area contributed by atoms with Gasteiger partial charge in [-0.05, 0) is 13.0 Å². The Labute approximate surface area is 92.4 Å². The van der Waals surface area contributed by atoms with Gasteiger partial charge < -0.3 is 27.4 Å². The summed E-state index contributed by atoms with van der Waals surface area (Å²) in [4.78, 5) is 29.6. The number of amides is 1. The second kappa shape index (κ2) is 9.87. The molecule has 0 rings (SSSR count). The predicted molar refractivity (Wildman–Crippen MR) is 55.3 cm³/mol. The number of carboxylic acid groups (broad SMARTS) is 2. The van der Waals surface area contributed by atoms with Crippen molar-refractivity contribution in [1.29, 1.82) is 0 Å². The van der Waals surface area contributed by atoms with Crippen molar-refractivity contribution in [2.24, 2.45) is 17.2 Å². The van der Waals surface area contributed by atoms with Gasteiger partial charge in [0.25, 0.3) is 0 Å². The zero-order valence-corrected chi connectivity index (χ0v) is 8.76. The van der Waals surface area contributed by atoms with E-state index in [-0.39, 0.29) is 12.8 Å². The first-order chi connectivity index (χ1) is 7.31. The van der Waals surface area contributed by atoms with Gasteiger partial charge in [-0.25, -0.2) is 0 Å². The smallest absolute Gasteiger partial charge is 0.321 e. The van der Waals surface area contributed by atoms with Crippen molar-refractivity contribution in [3.8, 4) is 0 Å². The lowest BCUT2D eigenvalue weighted by Gasteiger charge is -1.99. The molecule has 0 spiro atoms. The predicted octanol–water partition coefficient (Wildman–Crippen LogP) is -1.92. The number of carbonyl (C=O) groups is 3. The second-order valence-electron chi connectivity index (χ2n) is 2.90. The lowest BCUT2D eigenvalue weighted by molar-refractivity contribution is -0.140. The first-order valence-electron chi connectivity index (χ1n) is 4.49. The Hall–Kier alpha value is -1.67. The van der Waals surface area contributed by atoms with Gasteiger partial charge in [0.05, 0.1) is 6.42 Å². The SMILES string of the molecule is NC(=O)CC(N)C(=O)O.NCCCC(=O)O. The number of hydrogen-bond donors (Lipinski definition) is 5. The van der Waals surface area contributed by atoms with E-state index in [2.05, 4.69) is 5.73 Å². The summed E-state index contributed by atoms with van der Waals surface area (Å²) in [7, 11) is 0. The third-order valence-electron chi connectivity index (χ3n) is 1.33. The molecule has 0 aliphatic carbocycles. The van der Waals surface area contributed by atoms with Gasteiger partial charge in [0.2, 0.25) is 5.91 Å². The number of carboxylic acids is 2. The van der Waals surface area contributed by atoms with Crippen LogP contribution in [0.4, 0.5) is 0 Å². The standard InChI is InChI=1S/C4H8N2O3.C4H9NO2/c5-2(4(8)9)1-3(6)7;5-3-1-2-4(6)7/h2H,1,5H2,(H2,6,7)(H,8,9);1-3,5H2,(H,6,7). The van der Waals surface area contributed by atoms with E-state index < -0.39 is 23.9 Å². The summed E-state index contributed by atoms with van der Waals surface area (Å²) in [6.45, 7) is 0.465. The highest BCUT2D eigenvalue weighted by Gasteiger charge is 2.13. The van der Waals surface area contributed by atoms with Crippen molar-refractivity contribution < 1.29 is 24.6 Å². The average molecular weight is 235 g/mol. The van der Waals surface area contributed by atoms with Crippen LogP contribution >= 0.6 is 0 Å². The third-order valence-corrected chi connectivity index (χ3v) is 1.33. The van der Waals surface area contributed by atoms with E-state index in [1.807, 2.05) is 0 Å². The Balaban J connectivity index is 0. The molecule has 8 heteroatoms. The topological polar surface area (TPSA) is 170 Å². The number of nitrogens with two attached hydrogens (primary N) is 3. The summed E-state index contributed by atoms with van der Waals surface area (Å²) >= 11 is 0. The largest absolute Gasteiger partial charge is 0.481 e. The molecule has 0 heterocycles. The lowest BCUT2D eigenvalue weighted by Crippen LogP contribution is -2.34. The number of rotatable bonds is 6. The minimum Gasteiger partial charge on any atom is -0.481 e. The monoisotopic (exact) mass is 235 g/mol. The minimum atomic E-state index is -1.21. The molecule has 0 aliphatic rings. The molecule has 0 aromatic carbocycles. The van der Waals surface area contributed by atoms with Crippen LogP contribution in [0.15, 0.2) is 0 Å². The van der Waals surface area contributed by atoms with Gasteiger partial charge in [0, 0.05) is 6.42 Å². The molecule has 8 nitrogen and oxygen atoms in total. The molecule has 1 atom stereocenters. The van der Waals surface area contributed by atoms with Gasteiger partial charge in [-0.2, -0.15) is 0 Å².